The van der Waals surface area contributed by atoms with Crippen LogP contribution in [-0.4, -0.2) is 39.7 Å². The third-order valence-electron chi connectivity index (χ3n) is 2.86. The number of aromatic amines is 1. The van der Waals surface area contributed by atoms with Crippen LogP contribution in [-0.2, 0) is 17.3 Å². The van der Waals surface area contributed by atoms with Gasteiger partial charge in [0.2, 0.25) is 5.82 Å². The van der Waals surface area contributed by atoms with E-state index in [1.54, 1.807) is 6.07 Å². The smallest absolute Gasteiger partial charge is 0.381 e. The molecule has 0 aliphatic carbocycles. The molecule has 0 amide bonds. The van der Waals surface area contributed by atoms with Crippen molar-refractivity contribution in [1.29, 1.82) is 0 Å². The quantitative estimate of drug-likeness (QED) is 0.653. The van der Waals surface area contributed by atoms with Crippen molar-refractivity contribution in [2.24, 2.45) is 0 Å². The summed E-state index contributed by atoms with van der Waals surface area (Å²) < 4.78 is 42.7. The van der Waals surface area contributed by atoms with Gasteiger partial charge in [0.25, 0.3) is 0 Å². The molecule has 0 aliphatic rings. The Hall–Kier alpha value is -2.29. The third-order valence-corrected chi connectivity index (χ3v) is 2.86. The van der Waals surface area contributed by atoms with Crippen molar-refractivity contribution in [2.45, 2.75) is 19.5 Å². The molecule has 1 N–H and O–H groups in total. The fraction of sp³-hybridized carbons (Fsp3) is 0.385. The number of carbonyl (C=O) groups excluding carboxylic acids is 1. The van der Waals surface area contributed by atoms with Crippen molar-refractivity contribution in [3.63, 3.8) is 0 Å². The van der Waals surface area contributed by atoms with Crippen molar-refractivity contribution in [1.82, 2.24) is 20.2 Å². The molecule has 0 saturated heterocycles. The lowest BCUT2D eigenvalue weighted by Gasteiger charge is -2.06. The maximum Gasteiger partial charge on any atom is 0.451 e. The molecule has 2 aromatic rings. The molecule has 0 radical (unpaired) electrons. The second kappa shape index (κ2) is 6.65. The zero-order chi connectivity index (χ0) is 16.2. The highest BCUT2D eigenvalue weighted by molar-refractivity contribution is 5.75. The number of hydrogen-bond acceptors (Lipinski definition) is 5. The monoisotopic (exact) mass is 314 g/mol. The van der Waals surface area contributed by atoms with Crippen LogP contribution in [0.25, 0.3) is 11.4 Å². The second-order valence-corrected chi connectivity index (χ2v) is 4.35. The second-order valence-electron chi connectivity index (χ2n) is 4.35. The number of alkyl halides is 3. The third kappa shape index (κ3) is 3.67. The van der Waals surface area contributed by atoms with E-state index in [-0.39, 0.29) is 11.5 Å². The molecule has 0 bridgehead atoms. The van der Waals surface area contributed by atoms with E-state index in [1.807, 2.05) is 6.92 Å². The van der Waals surface area contributed by atoms with E-state index in [0.29, 0.717) is 37.0 Å². The largest absolute Gasteiger partial charge is 0.451 e. The first-order chi connectivity index (χ1) is 10.5. The molecule has 0 aromatic carbocycles. The van der Waals surface area contributed by atoms with Gasteiger partial charge < -0.3 is 9.72 Å². The van der Waals surface area contributed by atoms with Crippen molar-refractivity contribution < 1.29 is 22.7 Å². The predicted octanol–water partition coefficient (Wildman–Crippen LogP) is 2.28. The molecule has 22 heavy (non-hydrogen) atoms. The lowest BCUT2D eigenvalue weighted by atomic mass is 10.1. The Morgan fingerprint density at radius 1 is 1.36 bits per heavy atom. The summed E-state index contributed by atoms with van der Waals surface area (Å²) in [6, 6.07) is 1.55. The number of H-pyrrole nitrogens is 1. The Bertz CT molecular complexity index is 655. The zero-order valence-electron chi connectivity index (χ0n) is 11.6. The van der Waals surface area contributed by atoms with E-state index in [0.717, 1.165) is 0 Å². The lowest BCUT2D eigenvalue weighted by molar-refractivity contribution is -0.144. The maximum absolute atomic E-state index is 12.5. The minimum Gasteiger partial charge on any atom is -0.381 e. The standard InChI is InChI=1S/C13H13F3N4O2/c1-2-22-4-3-8-5-9(6-17-10(8)7-21)11-18-12(20-19-11)13(14,15)16/h5-7H,2-4H2,1H3,(H,18,19,20). The molecular weight excluding hydrogens is 301 g/mol. The molecule has 2 aromatic heterocycles. The topological polar surface area (TPSA) is 80.8 Å². The number of hydrogen-bond donors (Lipinski definition) is 1. The highest BCUT2D eigenvalue weighted by atomic mass is 19.4. The minimum atomic E-state index is -4.60. The summed E-state index contributed by atoms with van der Waals surface area (Å²) in [5.74, 6) is -1.24. The van der Waals surface area contributed by atoms with E-state index in [1.165, 1.54) is 6.20 Å². The van der Waals surface area contributed by atoms with Crippen molar-refractivity contribution in [2.75, 3.05) is 13.2 Å². The molecule has 0 aliphatic heterocycles. The molecule has 118 valence electrons. The Morgan fingerprint density at radius 2 is 2.14 bits per heavy atom. The van der Waals surface area contributed by atoms with Crippen LogP contribution in [0.2, 0.25) is 0 Å². The van der Waals surface area contributed by atoms with Gasteiger partial charge in [-0.1, -0.05) is 0 Å². The summed E-state index contributed by atoms with van der Waals surface area (Å²) in [5, 5.41) is 6.52. The first kappa shape index (κ1) is 16.1. The summed E-state index contributed by atoms with van der Waals surface area (Å²) in [6.45, 7) is 2.75. The van der Waals surface area contributed by atoms with Crippen LogP contribution in [0.3, 0.4) is 0 Å². The van der Waals surface area contributed by atoms with Crippen LogP contribution in [0.5, 0.6) is 0 Å². The first-order valence-corrected chi connectivity index (χ1v) is 6.47. The number of ether oxygens (including phenoxy) is 1. The van der Waals surface area contributed by atoms with Crippen molar-refractivity contribution >= 4 is 6.29 Å². The minimum absolute atomic E-state index is 0.0602. The molecule has 0 saturated carbocycles. The summed E-state index contributed by atoms with van der Waals surface area (Å²) in [7, 11) is 0. The average Bonchev–Trinajstić information content (AvgIpc) is 2.97. The van der Waals surface area contributed by atoms with Gasteiger partial charge >= 0.3 is 6.18 Å². The van der Waals surface area contributed by atoms with Crippen LogP contribution in [0, 0.1) is 0 Å². The van der Waals surface area contributed by atoms with Crippen LogP contribution >= 0.6 is 0 Å². The van der Waals surface area contributed by atoms with E-state index >= 15 is 0 Å². The normalized spacial score (nSPS) is 11.6. The summed E-state index contributed by atoms with van der Waals surface area (Å²) in [5.41, 5.74) is 1.12. The molecule has 9 heteroatoms. The molecule has 0 spiro atoms. The Kier molecular flexibility index (Phi) is 4.86. The van der Waals surface area contributed by atoms with Crippen molar-refractivity contribution in [3.8, 4) is 11.4 Å². The molecule has 6 nitrogen and oxygen atoms in total. The molecule has 2 heterocycles. The molecule has 0 fully saturated rings. The van der Waals surface area contributed by atoms with E-state index in [2.05, 4.69) is 20.2 Å². The number of aldehydes is 1. The molecule has 0 atom stereocenters. The number of nitrogens with zero attached hydrogens (tertiary/aromatic N) is 3. The van der Waals surface area contributed by atoms with Gasteiger partial charge in [-0.05, 0) is 25.0 Å². The Morgan fingerprint density at radius 3 is 2.73 bits per heavy atom. The van der Waals surface area contributed by atoms with Gasteiger partial charge in [-0.2, -0.15) is 13.2 Å². The van der Waals surface area contributed by atoms with Gasteiger partial charge in [0.05, 0.1) is 6.61 Å². The fourth-order valence-electron chi connectivity index (χ4n) is 1.80. The van der Waals surface area contributed by atoms with Gasteiger partial charge in [0, 0.05) is 18.4 Å². The number of pyridine rings is 1. The number of carbonyl (C=O) groups is 1. The Labute approximate surface area is 123 Å². The first-order valence-electron chi connectivity index (χ1n) is 6.47. The average molecular weight is 314 g/mol. The Balaban J connectivity index is 2.29. The molecular formula is C13H13F3N4O2. The summed E-state index contributed by atoms with van der Waals surface area (Å²) >= 11 is 0. The number of rotatable bonds is 6. The lowest BCUT2D eigenvalue weighted by Crippen LogP contribution is -2.07. The zero-order valence-corrected chi connectivity index (χ0v) is 11.6. The van der Waals surface area contributed by atoms with Crippen LogP contribution in [0.4, 0.5) is 13.2 Å². The van der Waals surface area contributed by atoms with Gasteiger partial charge in [-0.25, -0.2) is 0 Å². The molecule has 0 unspecified atom stereocenters. The van der Waals surface area contributed by atoms with Crippen LogP contribution < -0.4 is 0 Å². The summed E-state index contributed by atoms with van der Waals surface area (Å²) in [6.07, 6.45) is -2.32. The van der Waals surface area contributed by atoms with Crippen molar-refractivity contribution in [3.05, 3.63) is 29.3 Å². The van der Waals surface area contributed by atoms with E-state index in [9.17, 15) is 18.0 Å². The van der Waals surface area contributed by atoms with E-state index in [4.69, 9.17) is 4.74 Å². The number of nitrogens with one attached hydrogen (secondary N) is 1. The molecule has 2 rings (SSSR count). The number of aromatic nitrogens is 4. The van der Waals surface area contributed by atoms with Gasteiger partial charge in [0.15, 0.2) is 12.1 Å². The predicted molar refractivity (Wildman–Crippen MR) is 70.2 cm³/mol. The van der Waals surface area contributed by atoms with E-state index < -0.39 is 12.0 Å². The SMILES string of the molecule is CCOCCc1cc(-c2nnc(C(F)(F)F)[nH]2)cnc1C=O. The highest BCUT2D eigenvalue weighted by Gasteiger charge is 2.35. The fourth-order valence-corrected chi connectivity index (χ4v) is 1.80. The highest BCUT2D eigenvalue weighted by Crippen LogP contribution is 2.27. The maximum atomic E-state index is 12.5. The van der Waals surface area contributed by atoms with Gasteiger partial charge in [-0.3, -0.25) is 9.78 Å². The van der Waals surface area contributed by atoms with Crippen LogP contribution in [0.1, 0.15) is 28.8 Å². The summed E-state index contributed by atoms with van der Waals surface area (Å²) in [4.78, 5) is 17.0. The van der Waals surface area contributed by atoms with Crippen LogP contribution in [0.15, 0.2) is 12.3 Å². The van der Waals surface area contributed by atoms with Gasteiger partial charge in [0.1, 0.15) is 5.69 Å². The number of halogens is 3. The van der Waals surface area contributed by atoms with Gasteiger partial charge in [-0.15, -0.1) is 10.2 Å².